The number of benzene rings is 1. The first-order valence-corrected chi connectivity index (χ1v) is 11.9. The first kappa shape index (κ1) is 23.7. The first-order valence-electron chi connectivity index (χ1n) is 11.9. The van der Waals surface area contributed by atoms with Gasteiger partial charge in [0, 0.05) is 59.5 Å². The number of aryl methyl sites for hydroxylation is 1. The molecule has 0 radical (unpaired) electrons. The van der Waals surface area contributed by atoms with Gasteiger partial charge in [0.2, 0.25) is 5.91 Å². The minimum Gasteiger partial charge on any atom is -0.385 e. The highest BCUT2D eigenvalue weighted by atomic mass is 16.5. The third kappa shape index (κ3) is 5.37. The quantitative estimate of drug-likeness (QED) is 0.603. The van der Waals surface area contributed by atoms with Gasteiger partial charge in [0.1, 0.15) is 0 Å². The predicted molar refractivity (Wildman–Crippen MR) is 125 cm³/mol. The van der Waals surface area contributed by atoms with E-state index in [2.05, 4.69) is 10.3 Å². The van der Waals surface area contributed by atoms with Crippen LogP contribution in [-0.4, -0.2) is 97.4 Å². The Kier molecular flexibility index (Phi) is 7.95. The Labute approximate surface area is 195 Å². The smallest absolute Gasteiger partial charge is 0.289 e. The normalized spacial score (nSPS) is 21.3. The lowest BCUT2D eigenvalue weighted by atomic mass is 9.93. The number of likely N-dealkylation sites (N-methyl/N-ethyl adjacent to an activating group) is 1. The highest BCUT2D eigenvalue weighted by Crippen LogP contribution is 2.22. The average molecular weight is 458 g/mol. The number of aromatic nitrogens is 2. The molecule has 0 unspecified atom stereocenters. The average Bonchev–Trinajstić information content (AvgIpc) is 3.24. The Balaban J connectivity index is 1.48. The molecule has 9 heteroatoms. The van der Waals surface area contributed by atoms with Crippen molar-refractivity contribution in [2.45, 2.75) is 31.8 Å². The number of fused-ring (bicyclic) bond motifs is 1. The van der Waals surface area contributed by atoms with Crippen molar-refractivity contribution in [2.75, 3.05) is 60.2 Å². The van der Waals surface area contributed by atoms with Gasteiger partial charge in [-0.3, -0.25) is 9.59 Å². The number of hydrogen-bond acceptors (Lipinski definition) is 6. The molecule has 2 fully saturated rings. The monoisotopic (exact) mass is 457 g/mol. The molecule has 180 valence electrons. The maximum Gasteiger partial charge on any atom is 0.289 e. The van der Waals surface area contributed by atoms with Crippen LogP contribution in [0.15, 0.2) is 24.3 Å². The van der Waals surface area contributed by atoms with Crippen LogP contribution >= 0.6 is 0 Å². The van der Waals surface area contributed by atoms with E-state index in [1.54, 1.807) is 12.0 Å². The number of unbranched alkanes of at least 4 members (excludes halogenated alkanes) is 1. The van der Waals surface area contributed by atoms with Gasteiger partial charge in [-0.15, -0.1) is 0 Å². The third-order valence-corrected chi connectivity index (χ3v) is 6.69. The van der Waals surface area contributed by atoms with Crippen molar-refractivity contribution in [2.24, 2.45) is 5.92 Å². The summed E-state index contributed by atoms with van der Waals surface area (Å²) in [7, 11) is 3.52. The number of rotatable bonds is 8. The van der Waals surface area contributed by atoms with Gasteiger partial charge >= 0.3 is 0 Å². The number of imidazole rings is 1. The van der Waals surface area contributed by atoms with Crippen molar-refractivity contribution < 1.29 is 19.1 Å². The van der Waals surface area contributed by atoms with Crippen LogP contribution in [0.4, 0.5) is 0 Å². The van der Waals surface area contributed by atoms with Gasteiger partial charge in [-0.1, -0.05) is 12.1 Å². The van der Waals surface area contributed by atoms with Crippen molar-refractivity contribution >= 4 is 22.8 Å². The molecule has 2 amide bonds. The Morgan fingerprint density at radius 1 is 1.21 bits per heavy atom. The lowest BCUT2D eigenvalue weighted by Gasteiger charge is -2.38. The fourth-order valence-corrected chi connectivity index (χ4v) is 4.75. The van der Waals surface area contributed by atoms with Gasteiger partial charge in [0.15, 0.2) is 5.82 Å². The molecule has 2 saturated heterocycles. The number of nitrogens with one attached hydrogen (secondary N) is 1. The molecule has 2 aliphatic rings. The summed E-state index contributed by atoms with van der Waals surface area (Å²) in [6.07, 6.45) is 2.48. The minimum atomic E-state index is -0.134. The summed E-state index contributed by atoms with van der Waals surface area (Å²) >= 11 is 0. The molecule has 2 aromatic rings. The maximum absolute atomic E-state index is 13.6. The van der Waals surface area contributed by atoms with E-state index >= 15 is 0 Å². The number of nitrogens with zero attached hydrogens (tertiary/aromatic N) is 4. The Morgan fingerprint density at radius 3 is 2.79 bits per heavy atom. The van der Waals surface area contributed by atoms with Crippen molar-refractivity contribution in [1.29, 1.82) is 0 Å². The number of piperidine rings is 1. The fraction of sp³-hybridized carbons (Fsp3) is 0.625. The van der Waals surface area contributed by atoms with Crippen LogP contribution in [0.25, 0.3) is 11.0 Å². The molecule has 2 atom stereocenters. The predicted octanol–water partition coefficient (Wildman–Crippen LogP) is 1.37. The van der Waals surface area contributed by atoms with Gasteiger partial charge in [0.25, 0.3) is 5.91 Å². The zero-order valence-corrected chi connectivity index (χ0v) is 19.7. The SMILES string of the molecule is COCCCCn1c(C(=O)N(C)[C@@H]2CNC[C@H](C(=O)N3CCOCC3)C2)nc2ccccc21. The summed E-state index contributed by atoms with van der Waals surface area (Å²) in [6, 6.07) is 7.80. The first-order chi connectivity index (χ1) is 16.1. The van der Waals surface area contributed by atoms with E-state index in [1.807, 2.05) is 40.8 Å². The highest BCUT2D eigenvalue weighted by Gasteiger charge is 2.35. The summed E-state index contributed by atoms with van der Waals surface area (Å²) in [5.41, 5.74) is 1.79. The van der Waals surface area contributed by atoms with Crippen molar-refractivity contribution in [1.82, 2.24) is 24.7 Å². The molecule has 1 aromatic carbocycles. The van der Waals surface area contributed by atoms with Crippen molar-refractivity contribution in [3.63, 3.8) is 0 Å². The number of carbonyl (C=O) groups excluding carboxylic acids is 2. The molecule has 3 heterocycles. The summed E-state index contributed by atoms with van der Waals surface area (Å²) in [5, 5.41) is 3.37. The summed E-state index contributed by atoms with van der Waals surface area (Å²) in [6.45, 7) is 5.18. The second-order valence-corrected chi connectivity index (χ2v) is 8.87. The van der Waals surface area contributed by atoms with Crippen LogP contribution in [0.5, 0.6) is 0 Å². The fourth-order valence-electron chi connectivity index (χ4n) is 4.75. The molecule has 1 N–H and O–H groups in total. The highest BCUT2D eigenvalue weighted by molar-refractivity contribution is 5.95. The van der Waals surface area contributed by atoms with E-state index in [1.165, 1.54) is 0 Å². The number of para-hydroxylation sites is 2. The number of hydrogen-bond donors (Lipinski definition) is 1. The molecule has 9 nitrogen and oxygen atoms in total. The van der Waals surface area contributed by atoms with E-state index in [0.29, 0.717) is 64.8 Å². The Morgan fingerprint density at radius 2 is 2.00 bits per heavy atom. The topological polar surface area (TPSA) is 88.9 Å². The van der Waals surface area contributed by atoms with E-state index in [-0.39, 0.29) is 23.8 Å². The second kappa shape index (κ2) is 11.1. The summed E-state index contributed by atoms with van der Waals surface area (Å²) < 4.78 is 12.6. The van der Waals surface area contributed by atoms with Crippen LogP contribution < -0.4 is 5.32 Å². The molecule has 4 rings (SSSR count). The van der Waals surface area contributed by atoms with Crippen molar-refractivity contribution in [3.05, 3.63) is 30.1 Å². The van der Waals surface area contributed by atoms with E-state index in [4.69, 9.17) is 9.47 Å². The van der Waals surface area contributed by atoms with E-state index in [9.17, 15) is 9.59 Å². The molecule has 0 bridgehead atoms. The lowest BCUT2D eigenvalue weighted by molar-refractivity contribution is -0.140. The molecular formula is C24H35N5O4. The number of amides is 2. The van der Waals surface area contributed by atoms with Crippen LogP contribution in [0, 0.1) is 5.92 Å². The zero-order chi connectivity index (χ0) is 23.2. The van der Waals surface area contributed by atoms with Gasteiger partial charge in [-0.25, -0.2) is 4.98 Å². The largest absolute Gasteiger partial charge is 0.385 e. The van der Waals surface area contributed by atoms with Crippen LogP contribution in [0.2, 0.25) is 0 Å². The third-order valence-electron chi connectivity index (χ3n) is 6.69. The number of morpholine rings is 1. The standard InChI is InChI=1S/C24H35N5O4/c1-27(19-15-18(16-25-17-19)23(30)28-10-13-33-14-11-28)24(31)22-26-20-7-3-4-8-21(20)29(22)9-5-6-12-32-2/h3-4,7-8,18-19,25H,5-6,9-17H2,1-2H3/t18-,19+/m1/s1. The molecule has 0 aliphatic carbocycles. The Hall–Kier alpha value is -2.49. The van der Waals surface area contributed by atoms with Crippen LogP contribution in [-0.2, 0) is 20.8 Å². The minimum absolute atomic E-state index is 0.0667. The maximum atomic E-state index is 13.6. The molecule has 33 heavy (non-hydrogen) atoms. The van der Waals surface area contributed by atoms with Crippen molar-refractivity contribution in [3.8, 4) is 0 Å². The number of methoxy groups -OCH3 is 1. The van der Waals surface area contributed by atoms with Gasteiger partial charge in [-0.2, -0.15) is 0 Å². The number of carbonyl (C=O) groups is 2. The zero-order valence-electron chi connectivity index (χ0n) is 19.7. The van der Waals surface area contributed by atoms with Crippen LogP contribution in [0.1, 0.15) is 29.9 Å². The summed E-state index contributed by atoms with van der Waals surface area (Å²) in [5.74, 6) is 0.369. The molecule has 0 saturated carbocycles. The van der Waals surface area contributed by atoms with E-state index in [0.717, 1.165) is 23.9 Å². The second-order valence-electron chi connectivity index (χ2n) is 8.87. The van der Waals surface area contributed by atoms with Gasteiger partial charge in [-0.05, 0) is 31.4 Å². The van der Waals surface area contributed by atoms with Gasteiger partial charge in [0.05, 0.1) is 30.2 Å². The number of ether oxygens (including phenoxy) is 2. The van der Waals surface area contributed by atoms with Crippen LogP contribution in [0.3, 0.4) is 0 Å². The van der Waals surface area contributed by atoms with E-state index < -0.39 is 0 Å². The molecule has 0 spiro atoms. The Bertz CT molecular complexity index is 955. The molecule has 2 aliphatic heterocycles. The lowest BCUT2D eigenvalue weighted by Crippen LogP contribution is -2.54. The summed E-state index contributed by atoms with van der Waals surface area (Å²) in [4.78, 5) is 34.9. The van der Waals surface area contributed by atoms with Gasteiger partial charge < -0.3 is 29.2 Å². The molecule has 1 aromatic heterocycles. The molecular weight excluding hydrogens is 422 g/mol.